The predicted octanol–water partition coefficient (Wildman–Crippen LogP) is 0.415. The largest absolute Gasteiger partial charge is 0.477 e. The van der Waals surface area contributed by atoms with E-state index >= 15 is 0 Å². The first-order valence-corrected chi connectivity index (χ1v) is 7.73. The smallest absolute Gasteiger partial charge is 0.353 e. The zero-order chi connectivity index (χ0) is 17.1. The summed E-state index contributed by atoms with van der Waals surface area (Å²) in [5.41, 5.74) is -0.0490. The average molecular weight is 340 g/mol. The first-order chi connectivity index (χ1) is 10.9. The Kier molecular flexibility index (Phi) is 5.09. The van der Waals surface area contributed by atoms with E-state index in [2.05, 4.69) is 5.32 Å². The lowest BCUT2D eigenvalue weighted by molar-refractivity contribution is -0.165. The molecule has 2 N–H and O–H groups in total. The van der Waals surface area contributed by atoms with Crippen LogP contribution in [0.4, 0.5) is 0 Å². The average Bonchev–Trinajstić information content (AvgIpc) is 2.78. The molecule has 1 fully saturated rings. The molecule has 2 amide bonds. The van der Waals surface area contributed by atoms with Gasteiger partial charge in [-0.05, 0) is 12.3 Å². The number of carboxylic acids is 1. The summed E-state index contributed by atoms with van der Waals surface area (Å²) in [6, 6.07) is -0.319. The van der Waals surface area contributed by atoms with Crippen LogP contribution < -0.4 is 5.32 Å². The Balaban J connectivity index is 2.12. The van der Waals surface area contributed by atoms with Crippen molar-refractivity contribution >= 4 is 36.0 Å². The summed E-state index contributed by atoms with van der Waals surface area (Å²) in [7, 11) is 0. The topological polar surface area (TPSA) is 113 Å². The zero-order valence-electron chi connectivity index (χ0n) is 12.5. The SMILES string of the molecule is CC(=O)N/C=C/SC1=C(C(=O)O)N2C(=O)[C@H]([C@@H](C)OC=O)[C@H]2C1. The standard InChI is InChI=1S/C14H16N2O6S/c1-7(22-6-17)11-9-5-10(23-4-3-15-8(2)18)12(14(20)21)16(9)13(11)19/h3-4,6-7,9,11H,5H2,1-2H3,(H,15,18)(H,20,21)/b4-3+/t7-,9-,11-/m1/s1. The van der Waals surface area contributed by atoms with Crippen molar-refractivity contribution in [1.29, 1.82) is 0 Å². The van der Waals surface area contributed by atoms with E-state index in [-0.39, 0.29) is 30.0 Å². The number of carbonyl (C=O) groups excluding carboxylic acids is 3. The fourth-order valence-corrected chi connectivity index (χ4v) is 3.63. The molecule has 0 radical (unpaired) electrons. The number of ether oxygens (including phenoxy) is 1. The van der Waals surface area contributed by atoms with Crippen LogP contribution in [0.2, 0.25) is 0 Å². The number of thioether (sulfide) groups is 1. The minimum atomic E-state index is -1.18. The summed E-state index contributed by atoms with van der Waals surface area (Å²) < 4.78 is 4.82. The van der Waals surface area contributed by atoms with Gasteiger partial charge in [0.25, 0.3) is 6.47 Å². The highest BCUT2D eigenvalue weighted by Crippen LogP contribution is 2.47. The molecule has 0 spiro atoms. The van der Waals surface area contributed by atoms with E-state index in [0.29, 0.717) is 11.3 Å². The lowest BCUT2D eigenvalue weighted by atomic mass is 9.83. The number of hydrogen-bond donors (Lipinski definition) is 2. The number of hydrogen-bond acceptors (Lipinski definition) is 6. The van der Waals surface area contributed by atoms with Crippen LogP contribution in [-0.2, 0) is 23.9 Å². The summed E-state index contributed by atoms with van der Waals surface area (Å²) in [4.78, 5) is 46.6. The lowest BCUT2D eigenvalue weighted by Crippen LogP contribution is -2.62. The molecule has 0 aliphatic carbocycles. The maximum Gasteiger partial charge on any atom is 0.353 e. The molecule has 2 heterocycles. The number of β-lactam (4-membered cyclic amide) rings is 1. The molecule has 2 aliphatic heterocycles. The van der Waals surface area contributed by atoms with Crippen LogP contribution in [0.1, 0.15) is 20.3 Å². The van der Waals surface area contributed by atoms with E-state index in [4.69, 9.17) is 4.74 Å². The number of fused-ring (bicyclic) bond motifs is 1. The van der Waals surface area contributed by atoms with E-state index in [1.807, 2.05) is 0 Å². The molecular formula is C14H16N2O6S. The van der Waals surface area contributed by atoms with Gasteiger partial charge >= 0.3 is 5.97 Å². The van der Waals surface area contributed by atoms with Crippen LogP contribution in [0.5, 0.6) is 0 Å². The monoisotopic (exact) mass is 340 g/mol. The Morgan fingerprint density at radius 2 is 2.22 bits per heavy atom. The molecule has 124 valence electrons. The van der Waals surface area contributed by atoms with E-state index < -0.39 is 18.0 Å². The Hall–Kier alpha value is -2.29. The van der Waals surface area contributed by atoms with Crippen LogP contribution in [0.15, 0.2) is 22.2 Å². The molecule has 0 bridgehead atoms. The van der Waals surface area contributed by atoms with E-state index in [0.717, 1.165) is 11.8 Å². The molecule has 0 aromatic rings. The highest BCUT2D eigenvalue weighted by atomic mass is 32.2. The summed E-state index contributed by atoms with van der Waals surface area (Å²) >= 11 is 1.14. The number of rotatable bonds is 7. The summed E-state index contributed by atoms with van der Waals surface area (Å²) in [5, 5.41) is 13.4. The van der Waals surface area contributed by atoms with Gasteiger partial charge in [-0.15, -0.1) is 0 Å². The van der Waals surface area contributed by atoms with E-state index in [9.17, 15) is 24.3 Å². The van der Waals surface area contributed by atoms with Crippen molar-refractivity contribution in [3.8, 4) is 0 Å². The molecule has 0 aromatic carbocycles. The van der Waals surface area contributed by atoms with Gasteiger partial charge in [0.15, 0.2) is 0 Å². The minimum Gasteiger partial charge on any atom is -0.477 e. The quantitative estimate of drug-likeness (QED) is 0.510. The molecule has 23 heavy (non-hydrogen) atoms. The van der Waals surface area contributed by atoms with Crippen molar-refractivity contribution in [3.63, 3.8) is 0 Å². The summed E-state index contributed by atoms with van der Waals surface area (Å²) in [6.07, 6.45) is 1.18. The van der Waals surface area contributed by atoms with Crippen LogP contribution >= 0.6 is 11.8 Å². The normalized spacial score (nSPS) is 24.3. The number of amides is 2. The maximum atomic E-state index is 12.2. The van der Waals surface area contributed by atoms with Gasteiger partial charge in [-0.1, -0.05) is 11.8 Å². The molecule has 8 nitrogen and oxygen atoms in total. The number of aliphatic carboxylic acids is 1. The van der Waals surface area contributed by atoms with Crippen molar-refractivity contribution in [1.82, 2.24) is 10.2 Å². The molecule has 1 saturated heterocycles. The van der Waals surface area contributed by atoms with Gasteiger partial charge in [0.1, 0.15) is 11.8 Å². The third-order valence-electron chi connectivity index (χ3n) is 3.71. The second-order valence-electron chi connectivity index (χ2n) is 5.14. The highest BCUT2D eigenvalue weighted by Gasteiger charge is 2.57. The molecule has 3 atom stereocenters. The third-order valence-corrected chi connectivity index (χ3v) is 4.63. The number of carboxylic acid groups (broad SMARTS) is 1. The van der Waals surface area contributed by atoms with Crippen molar-refractivity contribution < 1.29 is 29.0 Å². The van der Waals surface area contributed by atoms with Crippen molar-refractivity contribution in [2.24, 2.45) is 5.92 Å². The minimum absolute atomic E-state index is 0.0490. The van der Waals surface area contributed by atoms with Crippen LogP contribution in [-0.4, -0.2) is 46.4 Å². The molecule has 0 saturated carbocycles. The number of nitrogens with zero attached hydrogens (tertiary/aromatic N) is 1. The van der Waals surface area contributed by atoms with Gasteiger partial charge in [0.2, 0.25) is 11.8 Å². The van der Waals surface area contributed by atoms with Crippen LogP contribution in [0.3, 0.4) is 0 Å². The van der Waals surface area contributed by atoms with Gasteiger partial charge < -0.3 is 20.1 Å². The fourth-order valence-electron chi connectivity index (χ4n) is 2.76. The lowest BCUT2D eigenvalue weighted by Gasteiger charge is -2.45. The number of nitrogens with one attached hydrogen (secondary N) is 1. The van der Waals surface area contributed by atoms with Gasteiger partial charge in [0, 0.05) is 24.4 Å². The predicted molar refractivity (Wildman–Crippen MR) is 80.6 cm³/mol. The van der Waals surface area contributed by atoms with Crippen LogP contribution in [0.25, 0.3) is 0 Å². The van der Waals surface area contributed by atoms with Gasteiger partial charge in [-0.25, -0.2) is 4.79 Å². The van der Waals surface area contributed by atoms with Gasteiger partial charge in [-0.2, -0.15) is 0 Å². The zero-order valence-corrected chi connectivity index (χ0v) is 13.3. The Bertz CT molecular complexity index is 614. The van der Waals surface area contributed by atoms with Crippen molar-refractivity contribution in [2.75, 3.05) is 0 Å². The molecule has 9 heteroatoms. The number of carbonyl (C=O) groups is 4. The second-order valence-corrected chi connectivity index (χ2v) is 6.14. The molecule has 0 unspecified atom stereocenters. The first kappa shape index (κ1) is 17.1. The van der Waals surface area contributed by atoms with Crippen molar-refractivity contribution in [3.05, 3.63) is 22.2 Å². The fraction of sp³-hybridized carbons (Fsp3) is 0.429. The highest BCUT2D eigenvalue weighted by molar-refractivity contribution is 8.05. The Morgan fingerprint density at radius 1 is 1.52 bits per heavy atom. The van der Waals surface area contributed by atoms with Gasteiger partial charge in [0.05, 0.1) is 12.0 Å². The molecule has 0 aromatic heterocycles. The first-order valence-electron chi connectivity index (χ1n) is 6.85. The Labute approximate surface area is 136 Å². The van der Waals surface area contributed by atoms with E-state index in [1.54, 1.807) is 12.3 Å². The van der Waals surface area contributed by atoms with Gasteiger partial charge in [-0.3, -0.25) is 14.4 Å². The maximum absolute atomic E-state index is 12.2. The van der Waals surface area contributed by atoms with Crippen molar-refractivity contribution in [2.45, 2.75) is 32.4 Å². The molecule has 2 aliphatic rings. The van der Waals surface area contributed by atoms with Crippen LogP contribution in [0, 0.1) is 5.92 Å². The van der Waals surface area contributed by atoms with E-state index in [1.165, 1.54) is 18.0 Å². The summed E-state index contributed by atoms with van der Waals surface area (Å²) in [6.45, 7) is 3.25. The molecule has 2 rings (SSSR count). The molecular weight excluding hydrogens is 324 g/mol. The Morgan fingerprint density at radius 3 is 2.78 bits per heavy atom. The second kappa shape index (κ2) is 6.86. The third kappa shape index (κ3) is 3.24. The summed E-state index contributed by atoms with van der Waals surface area (Å²) in [5.74, 6) is -2.31.